The van der Waals surface area contributed by atoms with Crippen molar-refractivity contribution in [2.24, 2.45) is 10.9 Å². The Hall–Kier alpha value is -2.10. The molecular weight excluding hydrogens is 262 g/mol. The fourth-order valence-electron chi connectivity index (χ4n) is 3.09. The lowest BCUT2D eigenvalue weighted by molar-refractivity contribution is -0.118. The molecular formula is C17H21N3O. The van der Waals surface area contributed by atoms with Gasteiger partial charge in [0.05, 0.1) is 12.6 Å². The van der Waals surface area contributed by atoms with E-state index >= 15 is 0 Å². The highest BCUT2D eigenvalue weighted by molar-refractivity contribution is 6.13. The van der Waals surface area contributed by atoms with Gasteiger partial charge in [-0.15, -0.1) is 0 Å². The van der Waals surface area contributed by atoms with Crippen molar-refractivity contribution < 1.29 is 4.79 Å². The minimum absolute atomic E-state index is 0.0107. The van der Waals surface area contributed by atoms with Crippen LogP contribution in [0.4, 0.5) is 0 Å². The monoisotopic (exact) mass is 283 g/mol. The van der Waals surface area contributed by atoms with Gasteiger partial charge in [-0.2, -0.15) is 0 Å². The van der Waals surface area contributed by atoms with Crippen LogP contribution < -0.4 is 5.32 Å². The summed E-state index contributed by atoms with van der Waals surface area (Å²) in [6.45, 7) is 5.80. The number of rotatable bonds is 2. The van der Waals surface area contributed by atoms with Gasteiger partial charge < -0.3 is 10.2 Å². The van der Waals surface area contributed by atoms with Crippen molar-refractivity contribution >= 4 is 11.6 Å². The van der Waals surface area contributed by atoms with E-state index in [9.17, 15) is 4.79 Å². The molecule has 1 amide bonds. The summed E-state index contributed by atoms with van der Waals surface area (Å²) in [6, 6.07) is 10.0. The number of nitrogens with one attached hydrogen (secondary N) is 1. The molecule has 110 valence electrons. The zero-order chi connectivity index (χ0) is 15.0. The number of nitrogens with zero attached hydrogens (tertiary/aromatic N) is 2. The highest BCUT2D eigenvalue weighted by atomic mass is 16.2. The van der Waals surface area contributed by atoms with Crippen LogP contribution in [0.3, 0.4) is 0 Å². The summed E-state index contributed by atoms with van der Waals surface area (Å²) < 4.78 is 0. The molecule has 0 radical (unpaired) electrons. The van der Waals surface area contributed by atoms with Crippen LogP contribution in [0, 0.1) is 5.92 Å². The topological polar surface area (TPSA) is 44.7 Å². The van der Waals surface area contributed by atoms with Crippen LogP contribution in [0.1, 0.15) is 25.5 Å². The van der Waals surface area contributed by atoms with E-state index in [4.69, 9.17) is 4.99 Å². The summed E-state index contributed by atoms with van der Waals surface area (Å²) in [6.07, 6.45) is 0. The molecule has 1 atom stereocenters. The van der Waals surface area contributed by atoms with Gasteiger partial charge in [0, 0.05) is 24.9 Å². The third-order valence-electron chi connectivity index (χ3n) is 4.09. The minimum atomic E-state index is -0.0876. The molecule has 1 N–H and O–H groups in total. The molecule has 0 bridgehead atoms. The Morgan fingerprint density at radius 3 is 2.67 bits per heavy atom. The minimum Gasteiger partial charge on any atom is -0.368 e. The molecule has 3 rings (SSSR count). The Bertz CT molecular complexity index is 616. The van der Waals surface area contributed by atoms with Gasteiger partial charge in [0.15, 0.2) is 0 Å². The lowest BCUT2D eigenvalue weighted by atomic mass is 9.90. The van der Waals surface area contributed by atoms with Gasteiger partial charge in [0.25, 0.3) is 5.91 Å². The molecule has 0 spiro atoms. The van der Waals surface area contributed by atoms with E-state index in [1.807, 2.05) is 30.1 Å². The first-order chi connectivity index (χ1) is 10.1. The zero-order valence-electron chi connectivity index (χ0n) is 12.8. The van der Waals surface area contributed by atoms with Gasteiger partial charge in [-0.05, 0) is 11.5 Å². The summed E-state index contributed by atoms with van der Waals surface area (Å²) in [5.41, 5.74) is 4.01. The normalized spacial score (nSPS) is 22.1. The van der Waals surface area contributed by atoms with Crippen molar-refractivity contribution in [2.75, 3.05) is 20.1 Å². The molecule has 0 saturated heterocycles. The van der Waals surface area contributed by atoms with Crippen molar-refractivity contribution in [2.45, 2.75) is 19.9 Å². The molecule has 0 aromatic heterocycles. The van der Waals surface area contributed by atoms with Crippen molar-refractivity contribution in [1.29, 1.82) is 0 Å². The van der Waals surface area contributed by atoms with E-state index < -0.39 is 0 Å². The Morgan fingerprint density at radius 1 is 1.29 bits per heavy atom. The Labute approximate surface area is 125 Å². The molecule has 21 heavy (non-hydrogen) atoms. The number of carbonyl (C=O) groups is 1. The van der Waals surface area contributed by atoms with E-state index in [0.29, 0.717) is 5.92 Å². The van der Waals surface area contributed by atoms with Crippen molar-refractivity contribution in [3.63, 3.8) is 0 Å². The number of hydrogen-bond donors (Lipinski definition) is 1. The van der Waals surface area contributed by atoms with Gasteiger partial charge >= 0.3 is 0 Å². The first-order valence-corrected chi connectivity index (χ1v) is 7.45. The van der Waals surface area contributed by atoms with E-state index in [1.165, 1.54) is 0 Å². The molecule has 2 aliphatic rings. The third kappa shape index (κ3) is 2.35. The summed E-state index contributed by atoms with van der Waals surface area (Å²) in [7, 11) is 1.97. The maximum absolute atomic E-state index is 12.5. The number of carbonyl (C=O) groups excluding carboxylic acids is 1. The number of hydrogen-bond acceptors (Lipinski definition) is 3. The fourth-order valence-corrected chi connectivity index (χ4v) is 3.09. The second-order valence-corrected chi connectivity index (χ2v) is 5.92. The first-order valence-electron chi connectivity index (χ1n) is 7.45. The SMILES string of the molecule is CC(C)C1=NCCN(C)C2=C1C(c1ccccc1)NC2=O. The lowest BCUT2D eigenvalue weighted by Gasteiger charge is -2.20. The van der Waals surface area contributed by atoms with Gasteiger partial charge in [-0.1, -0.05) is 44.2 Å². The highest BCUT2D eigenvalue weighted by Gasteiger charge is 2.38. The van der Waals surface area contributed by atoms with Crippen LogP contribution >= 0.6 is 0 Å². The van der Waals surface area contributed by atoms with E-state index in [1.54, 1.807) is 0 Å². The largest absolute Gasteiger partial charge is 0.368 e. The second-order valence-electron chi connectivity index (χ2n) is 5.92. The molecule has 0 aliphatic carbocycles. The van der Waals surface area contributed by atoms with Crippen molar-refractivity contribution in [1.82, 2.24) is 10.2 Å². The molecule has 0 saturated carbocycles. The van der Waals surface area contributed by atoms with Crippen LogP contribution in [-0.4, -0.2) is 36.7 Å². The third-order valence-corrected chi connectivity index (χ3v) is 4.09. The molecule has 2 heterocycles. The maximum atomic E-state index is 12.5. The lowest BCUT2D eigenvalue weighted by Crippen LogP contribution is -2.29. The number of amides is 1. The second kappa shape index (κ2) is 5.35. The van der Waals surface area contributed by atoms with Gasteiger partial charge in [-0.3, -0.25) is 9.79 Å². The van der Waals surface area contributed by atoms with Gasteiger partial charge in [-0.25, -0.2) is 0 Å². The Kier molecular flexibility index (Phi) is 3.53. The fraction of sp³-hybridized carbons (Fsp3) is 0.412. The van der Waals surface area contributed by atoms with Crippen molar-refractivity contribution in [3.05, 3.63) is 47.2 Å². The zero-order valence-corrected chi connectivity index (χ0v) is 12.8. The number of likely N-dealkylation sites (N-methyl/N-ethyl adjacent to an activating group) is 1. The quantitative estimate of drug-likeness (QED) is 0.904. The maximum Gasteiger partial charge on any atom is 0.268 e. The number of benzene rings is 1. The summed E-state index contributed by atoms with van der Waals surface area (Å²) in [5, 5.41) is 3.12. The Morgan fingerprint density at radius 2 is 2.00 bits per heavy atom. The molecule has 1 aromatic rings. The molecule has 4 heteroatoms. The van der Waals surface area contributed by atoms with Crippen molar-refractivity contribution in [3.8, 4) is 0 Å². The highest BCUT2D eigenvalue weighted by Crippen LogP contribution is 2.35. The Balaban J connectivity index is 2.14. The summed E-state index contributed by atoms with van der Waals surface area (Å²) in [4.78, 5) is 19.2. The average molecular weight is 283 g/mol. The van der Waals surface area contributed by atoms with Crippen LogP contribution in [-0.2, 0) is 4.79 Å². The summed E-state index contributed by atoms with van der Waals surface area (Å²) >= 11 is 0. The molecule has 0 fully saturated rings. The predicted molar refractivity (Wildman–Crippen MR) is 84.1 cm³/mol. The van der Waals surface area contributed by atoms with Crippen LogP contribution in [0.15, 0.2) is 46.6 Å². The standard InChI is InChI=1S/C17H21N3O/c1-11(2)14-13-15(12-7-5-4-6-8-12)19-17(21)16(13)20(3)10-9-18-14/h4-8,11,15H,9-10H2,1-3H3,(H,19,21). The summed E-state index contributed by atoms with van der Waals surface area (Å²) in [5.74, 6) is 0.317. The van der Waals surface area contributed by atoms with E-state index in [-0.39, 0.29) is 11.9 Å². The smallest absolute Gasteiger partial charge is 0.268 e. The van der Waals surface area contributed by atoms with Crippen LogP contribution in [0.2, 0.25) is 0 Å². The van der Waals surface area contributed by atoms with Crippen LogP contribution in [0.25, 0.3) is 0 Å². The van der Waals surface area contributed by atoms with Gasteiger partial charge in [0.1, 0.15) is 5.70 Å². The molecule has 4 nitrogen and oxygen atoms in total. The van der Waals surface area contributed by atoms with Crippen LogP contribution in [0.5, 0.6) is 0 Å². The first kappa shape index (κ1) is 13.9. The van der Waals surface area contributed by atoms with E-state index in [2.05, 4.69) is 31.3 Å². The predicted octanol–water partition coefficient (Wildman–Crippen LogP) is 2.15. The molecule has 1 unspecified atom stereocenters. The van der Waals surface area contributed by atoms with E-state index in [0.717, 1.165) is 35.6 Å². The molecule has 2 aliphatic heterocycles. The average Bonchev–Trinajstić information content (AvgIpc) is 2.70. The molecule has 1 aromatic carbocycles. The van der Waals surface area contributed by atoms with Gasteiger partial charge in [0.2, 0.25) is 0 Å². The number of aliphatic imine (C=N–C) groups is 1.